The number of thioether (sulfide) groups is 1. The van der Waals surface area contributed by atoms with E-state index in [4.69, 9.17) is 4.52 Å². The number of carbonyl (C=O) groups excluding carboxylic acids is 1. The van der Waals surface area contributed by atoms with Gasteiger partial charge in [0.2, 0.25) is 5.95 Å². The van der Waals surface area contributed by atoms with Crippen LogP contribution in [0, 0.1) is 13.8 Å². The molecule has 1 aliphatic heterocycles. The molecule has 0 spiro atoms. The molecular formula is C22H25N5O2S. The van der Waals surface area contributed by atoms with E-state index in [1.54, 1.807) is 24.2 Å². The van der Waals surface area contributed by atoms with Gasteiger partial charge in [-0.15, -0.1) is 11.8 Å². The third kappa shape index (κ3) is 4.64. The first kappa shape index (κ1) is 20.4. The fraction of sp³-hybridized carbons (Fsp3) is 0.364. The van der Waals surface area contributed by atoms with Crippen molar-refractivity contribution in [1.29, 1.82) is 0 Å². The van der Waals surface area contributed by atoms with Crippen LogP contribution in [0.5, 0.6) is 0 Å². The Bertz CT molecular complexity index is 980. The molecule has 3 heterocycles. The molecule has 8 heteroatoms. The summed E-state index contributed by atoms with van der Waals surface area (Å²) in [5.41, 5.74) is 2.70. The lowest BCUT2D eigenvalue weighted by molar-refractivity contribution is 0.0928. The van der Waals surface area contributed by atoms with Crippen LogP contribution in [0.2, 0.25) is 0 Å². The Morgan fingerprint density at radius 2 is 1.90 bits per heavy atom. The summed E-state index contributed by atoms with van der Waals surface area (Å²) in [7, 11) is 0. The van der Waals surface area contributed by atoms with Crippen LogP contribution in [0.25, 0.3) is 0 Å². The third-order valence-electron chi connectivity index (χ3n) is 5.35. The Morgan fingerprint density at radius 1 is 1.17 bits per heavy atom. The maximum absolute atomic E-state index is 13.0. The number of nitrogens with one attached hydrogen (secondary N) is 1. The number of amides is 1. The number of aromatic nitrogens is 3. The summed E-state index contributed by atoms with van der Waals surface area (Å²) in [6.07, 6.45) is 5.26. The summed E-state index contributed by atoms with van der Waals surface area (Å²) in [5.74, 6) is 2.28. The second-order valence-corrected chi connectivity index (χ2v) is 8.39. The van der Waals surface area contributed by atoms with Gasteiger partial charge in [0.25, 0.3) is 5.91 Å². The largest absolute Gasteiger partial charge is 0.361 e. The van der Waals surface area contributed by atoms with E-state index in [-0.39, 0.29) is 11.9 Å². The van der Waals surface area contributed by atoms with Crippen LogP contribution in [-0.2, 0) is 5.75 Å². The van der Waals surface area contributed by atoms with Crippen molar-refractivity contribution in [3.8, 4) is 0 Å². The van der Waals surface area contributed by atoms with Crippen molar-refractivity contribution in [2.24, 2.45) is 0 Å². The molecule has 0 bridgehead atoms. The topological polar surface area (TPSA) is 84.2 Å². The number of rotatable bonds is 6. The van der Waals surface area contributed by atoms with Crippen molar-refractivity contribution in [3.63, 3.8) is 0 Å². The average molecular weight is 424 g/mol. The average Bonchev–Trinajstić information content (AvgIpc) is 3.11. The fourth-order valence-electron chi connectivity index (χ4n) is 3.58. The molecule has 1 aliphatic rings. The quantitative estimate of drug-likeness (QED) is 0.604. The first-order chi connectivity index (χ1) is 14.6. The van der Waals surface area contributed by atoms with Crippen LogP contribution < -0.4 is 10.2 Å². The van der Waals surface area contributed by atoms with Crippen LogP contribution in [-0.4, -0.2) is 40.2 Å². The van der Waals surface area contributed by atoms with E-state index in [1.807, 2.05) is 44.2 Å². The van der Waals surface area contributed by atoms with Crippen molar-refractivity contribution in [3.05, 3.63) is 65.3 Å². The molecular weight excluding hydrogens is 398 g/mol. The predicted octanol–water partition coefficient (Wildman–Crippen LogP) is 3.77. The molecule has 0 unspecified atom stereocenters. The maximum atomic E-state index is 13.0. The van der Waals surface area contributed by atoms with E-state index in [0.29, 0.717) is 5.56 Å². The van der Waals surface area contributed by atoms with Crippen molar-refractivity contribution in [1.82, 2.24) is 20.4 Å². The molecule has 1 amide bonds. The van der Waals surface area contributed by atoms with Crippen LogP contribution in [0.1, 0.15) is 40.2 Å². The van der Waals surface area contributed by atoms with E-state index >= 15 is 0 Å². The molecule has 1 saturated heterocycles. The highest BCUT2D eigenvalue weighted by molar-refractivity contribution is 7.98. The monoisotopic (exact) mass is 423 g/mol. The highest BCUT2D eigenvalue weighted by Crippen LogP contribution is 2.29. The molecule has 1 fully saturated rings. The summed E-state index contributed by atoms with van der Waals surface area (Å²) < 4.78 is 5.25. The van der Waals surface area contributed by atoms with Crippen LogP contribution >= 0.6 is 11.8 Å². The molecule has 30 heavy (non-hydrogen) atoms. The zero-order valence-corrected chi connectivity index (χ0v) is 18.0. The van der Waals surface area contributed by atoms with Crippen molar-refractivity contribution in [2.45, 2.75) is 43.4 Å². The summed E-state index contributed by atoms with van der Waals surface area (Å²) in [4.78, 5) is 24.7. The van der Waals surface area contributed by atoms with Crippen LogP contribution in [0.3, 0.4) is 0 Å². The molecule has 1 N–H and O–H groups in total. The predicted molar refractivity (Wildman–Crippen MR) is 117 cm³/mol. The number of benzene rings is 1. The molecule has 7 nitrogen and oxygen atoms in total. The lowest BCUT2D eigenvalue weighted by Gasteiger charge is -2.32. The van der Waals surface area contributed by atoms with Crippen LogP contribution in [0.4, 0.5) is 5.95 Å². The number of anilines is 1. The fourth-order valence-corrected chi connectivity index (χ4v) is 4.78. The Balaban J connectivity index is 1.36. The summed E-state index contributed by atoms with van der Waals surface area (Å²) in [6.45, 7) is 5.52. The Morgan fingerprint density at radius 3 is 2.60 bits per heavy atom. The second kappa shape index (κ2) is 9.30. The Labute approximate surface area is 180 Å². The van der Waals surface area contributed by atoms with Gasteiger partial charge in [0.15, 0.2) is 0 Å². The molecule has 0 aliphatic carbocycles. The standard InChI is InChI=1S/C22H25N5O2S/c1-15-19(16(2)29-26-15)14-30-20-7-4-3-6-18(20)21(28)25-17-8-12-27(13-9-17)22-23-10-5-11-24-22/h3-7,10-11,17H,8-9,12-14H2,1-2H3,(H,25,28). The van der Waals surface area contributed by atoms with Gasteiger partial charge in [-0.1, -0.05) is 17.3 Å². The summed E-state index contributed by atoms with van der Waals surface area (Å²) in [5, 5.41) is 7.22. The summed E-state index contributed by atoms with van der Waals surface area (Å²) in [6, 6.07) is 9.72. The number of carbonyl (C=O) groups is 1. The van der Waals surface area contributed by atoms with E-state index < -0.39 is 0 Å². The molecule has 0 saturated carbocycles. The van der Waals surface area contributed by atoms with Gasteiger partial charge in [0, 0.05) is 47.7 Å². The highest BCUT2D eigenvalue weighted by Gasteiger charge is 2.23. The SMILES string of the molecule is Cc1noc(C)c1CSc1ccccc1C(=O)NC1CCN(c2ncccn2)CC1. The van der Waals surface area contributed by atoms with Gasteiger partial charge in [0.05, 0.1) is 11.3 Å². The van der Waals surface area contributed by atoms with E-state index in [2.05, 4.69) is 25.3 Å². The Hall–Kier alpha value is -2.87. The minimum absolute atomic E-state index is 0.0220. The van der Waals surface area contributed by atoms with Crippen molar-refractivity contribution < 1.29 is 9.32 Å². The maximum Gasteiger partial charge on any atom is 0.252 e. The van der Waals surface area contributed by atoms with Gasteiger partial charge in [-0.05, 0) is 44.9 Å². The van der Waals surface area contributed by atoms with Crippen molar-refractivity contribution in [2.75, 3.05) is 18.0 Å². The van der Waals surface area contributed by atoms with Gasteiger partial charge < -0.3 is 14.7 Å². The molecule has 3 aromatic rings. The third-order valence-corrected chi connectivity index (χ3v) is 6.45. The molecule has 2 aromatic heterocycles. The number of nitrogens with zero attached hydrogens (tertiary/aromatic N) is 4. The highest BCUT2D eigenvalue weighted by atomic mass is 32.2. The van der Waals surface area contributed by atoms with Gasteiger partial charge in [0.1, 0.15) is 5.76 Å². The van der Waals surface area contributed by atoms with Gasteiger partial charge in [-0.25, -0.2) is 9.97 Å². The Kier molecular flexibility index (Phi) is 6.32. The summed E-state index contributed by atoms with van der Waals surface area (Å²) >= 11 is 1.64. The molecule has 0 radical (unpaired) electrons. The van der Waals surface area contributed by atoms with Crippen LogP contribution in [0.15, 0.2) is 52.1 Å². The smallest absolute Gasteiger partial charge is 0.252 e. The van der Waals surface area contributed by atoms with Crippen molar-refractivity contribution >= 4 is 23.6 Å². The van der Waals surface area contributed by atoms with Gasteiger partial charge >= 0.3 is 0 Å². The van der Waals surface area contributed by atoms with E-state index in [0.717, 1.165) is 59.5 Å². The minimum atomic E-state index is -0.0220. The van der Waals surface area contributed by atoms with Gasteiger partial charge in [-0.2, -0.15) is 0 Å². The van der Waals surface area contributed by atoms with Gasteiger partial charge in [-0.3, -0.25) is 4.79 Å². The number of hydrogen-bond donors (Lipinski definition) is 1. The zero-order chi connectivity index (χ0) is 20.9. The van der Waals surface area contributed by atoms with E-state index in [9.17, 15) is 4.79 Å². The first-order valence-electron chi connectivity index (χ1n) is 10.1. The lowest BCUT2D eigenvalue weighted by atomic mass is 10.0. The molecule has 0 atom stereocenters. The number of aryl methyl sites for hydroxylation is 2. The van der Waals surface area contributed by atoms with E-state index in [1.165, 1.54) is 0 Å². The minimum Gasteiger partial charge on any atom is -0.361 e. The number of hydrogen-bond acceptors (Lipinski definition) is 7. The second-order valence-electron chi connectivity index (χ2n) is 7.37. The normalized spacial score (nSPS) is 14.7. The molecule has 156 valence electrons. The molecule has 1 aromatic carbocycles. The first-order valence-corrected chi connectivity index (χ1v) is 11.1. The molecule has 4 rings (SSSR count). The zero-order valence-electron chi connectivity index (χ0n) is 17.2. The number of piperidine rings is 1. The lowest BCUT2D eigenvalue weighted by Crippen LogP contribution is -2.45.